The topological polar surface area (TPSA) is 26.3 Å². The molecule has 0 N–H and O–H groups in total. The molecule has 0 aliphatic heterocycles. The molecule has 1 fully saturated rings. The molecule has 2 rings (SSSR count). The summed E-state index contributed by atoms with van der Waals surface area (Å²) in [4.78, 5) is 11.7. The molecule has 0 spiro atoms. The highest BCUT2D eigenvalue weighted by Crippen LogP contribution is 2.54. The van der Waals surface area contributed by atoms with Crippen molar-refractivity contribution < 1.29 is 9.53 Å². The molecule has 2 unspecified atom stereocenters. The highest BCUT2D eigenvalue weighted by atomic mass is 35.5. The summed E-state index contributed by atoms with van der Waals surface area (Å²) in [6, 6.07) is 7.72. The van der Waals surface area contributed by atoms with Crippen LogP contribution in [-0.2, 0) is 4.74 Å². The summed E-state index contributed by atoms with van der Waals surface area (Å²) in [6.07, 6.45) is 3.34. The van der Waals surface area contributed by atoms with Crippen LogP contribution in [-0.4, -0.2) is 12.6 Å². The molecule has 2 atom stereocenters. The van der Waals surface area contributed by atoms with Crippen molar-refractivity contribution in [2.24, 2.45) is 11.3 Å². The maximum Gasteiger partial charge on any atom is 0.338 e. The predicted octanol–water partition coefficient (Wildman–Crippen LogP) is 4.12. The van der Waals surface area contributed by atoms with E-state index in [-0.39, 0.29) is 5.97 Å². The Bertz CT molecular complexity index is 444. The second kappa shape index (κ2) is 5.31. The van der Waals surface area contributed by atoms with Crippen LogP contribution in [0.3, 0.4) is 0 Å². The average Bonchev–Trinajstić information content (AvgIpc) is 2.93. The zero-order valence-electron chi connectivity index (χ0n) is 10.8. The third kappa shape index (κ3) is 3.26. The summed E-state index contributed by atoms with van der Waals surface area (Å²) >= 11 is 5.81. The fourth-order valence-corrected chi connectivity index (χ4v) is 2.44. The molecule has 97 valence electrons. The monoisotopic (exact) mass is 265 g/mol. The zero-order valence-corrected chi connectivity index (χ0v) is 11.6. The van der Waals surface area contributed by atoms with Crippen molar-refractivity contribution in [3.05, 3.63) is 34.9 Å². The lowest BCUT2D eigenvalue weighted by Crippen LogP contribution is -2.08. The predicted molar refractivity (Wildman–Crippen MR) is 71.7 cm³/mol. The van der Waals surface area contributed by atoms with Gasteiger partial charge in [0.15, 0.2) is 0 Å². The molecule has 1 aromatic rings. The van der Waals surface area contributed by atoms with Gasteiger partial charge < -0.3 is 4.74 Å². The molecule has 18 heavy (non-hydrogen) atoms. The Morgan fingerprint density at radius 1 is 1.67 bits per heavy atom. The van der Waals surface area contributed by atoms with E-state index in [1.165, 1.54) is 6.42 Å². The molecule has 0 heterocycles. The molecule has 1 radical (unpaired) electrons. The third-order valence-corrected chi connectivity index (χ3v) is 4.15. The lowest BCUT2D eigenvalue weighted by atomic mass is 10.0. The number of halogens is 1. The molecule has 1 aliphatic carbocycles. The van der Waals surface area contributed by atoms with Gasteiger partial charge in [-0.15, -0.1) is 0 Å². The van der Waals surface area contributed by atoms with Crippen LogP contribution < -0.4 is 0 Å². The van der Waals surface area contributed by atoms with Gasteiger partial charge in [0.1, 0.15) is 0 Å². The highest BCUT2D eigenvalue weighted by molar-refractivity contribution is 6.30. The van der Waals surface area contributed by atoms with Gasteiger partial charge in [0.2, 0.25) is 0 Å². The van der Waals surface area contributed by atoms with Gasteiger partial charge in [0.25, 0.3) is 0 Å². The van der Waals surface area contributed by atoms with Gasteiger partial charge in [-0.1, -0.05) is 31.5 Å². The quantitative estimate of drug-likeness (QED) is 0.591. The molecule has 3 heteroatoms. The lowest BCUT2D eigenvalue weighted by Gasteiger charge is -2.09. The van der Waals surface area contributed by atoms with Gasteiger partial charge in [-0.05, 0) is 48.8 Å². The number of rotatable bonds is 5. The number of carbonyl (C=O) groups is 1. The largest absolute Gasteiger partial charge is 0.462 e. The molecule has 1 aliphatic rings. The van der Waals surface area contributed by atoms with Crippen LogP contribution in [0, 0.1) is 17.4 Å². The molecule has 0 amide bonds. The van der Waals surface area contributed by atoms with Gasteiger partial charge >= 0.3 is 5.97 Å². The van der Waals surface area contributed by atoms with E-state index < -0.39 is 0 Å². The van der Waals surface area contributed by atoms with Gasteiger partial charge in [-0.3, -0.25) is 0 Å². The summed E-state index contributed by atoms with van der Waals surface area (Å²) in [5.74, 6) is 0.473. The fraction of sp³-hybridized carbons (Fsp3) is 0.533. The second-order valence-corrected chi connectivity index (χ2v) is 5.86. The minimum atomic E-state index is -0.341. The number of esters is 1. The standard InChI is InChI=1S/C15H18ClO2/c1-11-10-15(11,2)7-4-8-18-14(17)12-5-3-6-13(16)9-12/h3,6,9,11H,4,7-8,10H2,1-2H3. The third-order valence-electron chi connectivity index (χ3n) is 3.91. The van der Waals surface area contributed by atoms with E-state index in [0.29, 0.717) is 22.6 Å². The summed E-state index contributed by atoms with van der Waals surface area (Å²) in [5, 5.41) is 0.528. The number of benzene rings is 1. The SMILES string of the molecule is CC1CC1(C)CCCOC(=O)c1[c]ccc(Cl)c1. The smallest absolute Gasteiger partial charge is 0.338 e. The molecule has 2 nitrogen and oxygen atoms in total. The molecular weight excluding hydrogens is 248 g/mol. The Kier molecular flexibility index (Phi) is 3.96. The first-order valence-electron chi connectivity index (χ1n) is 6.36. The molecule has 0 aromatic heterocycles. The van der Waals surface area contributed by atoms with E-state index in [0.717, 1.165) is 18.8 Å². The van der Waals surface area contributed by atoms with E-state index >= 15 is 0 Å². The number of ether oxygens (including phenoxy) is 1. The number of carbonyl (C=O) groups excluding carboxylic acids is 1. The van der Waals surface area contributed by atoms with Crippen LogP contribution in [0.1, 0.15) is 43.5 Å². The zero-order chi connectivity index (χ0) is 13.2. The number of hydrogen-bond acceptors (Lipinski definition) is 2. The van der Waals surface area contributed by atoms with Crippen molar-refractivity contribution in [3.63, 3.8) is 0 Å². The normalized spacial score (nSPS) is 25.8. The van der Waals surface area contributed by atoms with Crippen molar-refractivity contribution in [2.75, 3.05) is 6.61 Å². The van der Waals surface area contributed by atoms with E-state index in [1.54, 1.807) is 18.2 Å². The Labute approximate surface area is 113 Å². The highest BCUT2D eigenvalue weighted by Gasteiger charge is 2.45. The Balaban J connectivity index is 1.72. The van der Waals surface area contributed by atoms with Crippen molar-refractivity contribution in [3.8, 4) is 0 Å². The fourth-order valence-electron chi connectivity index (χ4n) is 2.26. The maximum absolute atomic E-state index is 11.7. The van der Waals surface area contributed by atoms with Gasteiger partial charge in [0, 0.05) is 5.02 Å². The maximum atomic E-state index is 11.7. The van der Waals surface area contributed by atoms with E-state index in [4.69, 9.17) is 16.3 Å². The lowest BCUT2D eigenvalue weighted by molar-refractivity contribution is 0.0491. The van der Waals surface area contributed by atoms with Crippen LogP contribution in [0.4, 0.5) is 0 Å². The summed E-state index contributed by atoms with van der Waals surface area (Å²) in [6.45, 7) is 5.04. The first-order valence-corrected chi connectivity index (χ1v) is 6.73. The minimum absolute atomic E-state index is 0.341. The number of hydrogen-bond donors (Lipinski definition) is 0. The molecule has 0 bridgehead atoms. The molecule has 1 aromatic carbocycles. The van der Waals surface area contributed by atoms with E-state index in [9.17, 15) is 4.79 Å². The van der Waals surface area contributed by atoms with Crippen molar-refractivity contribution >= 4 is 17.6 Å². The molecule has 1 saturated carbocycles. The minimum Gasteiger partial charge on any atom is -0.462 e. The average molecular weight is 266 g/mol. The van der Waals surface area contributed by atoms with Crippen LogP contribution in [0.15, 0.2) is 18.2 Å². The Morgan fingerprint density at radius 2 is 2.39 bits per heavy atom. The van der Waals surface area contributed by atoms with Crippen molar-refractivity contribution in [2.45, 2.75) is 33.1 Å². The second-order valence-electron chi connectivity index (χ2n) is 5.42. The van der Waals surface area contributed by atoms with Gasteiger partial charge in [-0.2, -0.15) is 0 Å². The first kappa shape index (κ1) is 13.4. The van der Waals surface area contributed by atoms with E-state index in [2.05, 4.69) is 19.9 Å². The molecule has 0 saturated heterocycles. The summed E-state index contributed by atoms with van der Waals surface area (Å²) < 4.78 is 5.21. The van der Waals surface area contributed by atoms with Crippen molar-refractivity contribution in [1.82, 2.24) is 0 Å². The summed E-state index contributed by atoms with van der Waals surface area (Å²) in [7, 11) is 0. The Morgan fingerprint density at radius 3 is 3.00 bits per heavy atom. The molecular formula is C15H18ClO2. The van der Waals surface area contributed by atoms with Crippen LogP contribution >= 0.6 is 11.6 Å². The van der Waals surface area contributed by atoms with Crippen LogP contribution in [0.25, 0.3) is 0 Å². The first-order chi connectivity index (χ1) is 8.51. The van der Waals surface area contributed by atoms with Crippen LogP contribution in [0.2, 0.25) is 5.02 Å². The van der Waals surface area contributed by atoms with E-state index in [1.807, 2.05) is 0 Å². The van der Waals surface area contributed by atoms with Gasteiger partial charge in [0.05, 0.1) is 12.2 Å². The summed E-state index contributed by atoms with van der Waals surface area (Å²) in [5.41, 5.74) is 0.878. The van der Waals surface area contributed by atoms with Crippen LogP contribution in [0.5, 0.6) is 0 Å². The van der Waals surface area contributed by atoms with Crippen molar-refractivity contribution in [1.29, 1.82) is 0 Å². The Hall–Kier alpha value is -1.02. The van der Waals surface area contributed by atoms with Gasteiger partial charge in [-0.25, -0.2) is 4.79 Å².